The van der Waals surface area contributed by atoms with E-state index in [9.17, 15) is 13.2 Å². The summed E-state index contributed by atoms with van der Waals surface area (Å²) in [5.74, 6) is 0.330. The number of aromatic nitrogens is 3. The minimum Gasteiger partial charge on any atom is -0.368 e. The molecule has 2 unspecified atom stereocenters. The van der Waals surface area contributed by atoms with Crippen LogP contribution in [0, 0.1) is 18.8 Å². The minimum atomic E-state index is -3.78. The monoisotopic (exact) mass is 498 g/mol. The normalized spacial score (nSPS) is 21.7. The van der Waals surface area contributed by atoms with E-state index in [0.29, 0.717) is 43.9 Å². The van der Waals surface area contributed by atoms with Crippen LogP contribution in [0.5, 0.6) is 0 Å². The van der Waals surface area contributed by atoms with Crippen LogP contribution in [0.2, 0.25) is 0 Å². The molecule has 2 aromatic heterocycles. The molecule has 0 amide bonds. The highest BCUT2D eigenvalue weighted by molar-refractivity contribution is 7.90. The number of fused-ring (bicyclic) bond motifs is 1. The quantitative estimate of drug-likeness (QED) is 0.502. The van der Waals surface area contributed by atoms with E-state index in [1.54, 1.807) is 30.3 Å². The van der Waals surface area contributed by atoms with Gasteiger partial charge in [-0.05, 0) is 31.0 Å². The van der Waals surface area contributed by atoms with Crippen LogP contribution in [0.4, 0.5) is 5.82 Å². The summed E-state index contributed by atoms with van der Waals surface area (Å²) in [5.41, 5.74) is 1.69. The Bertz CT molecular complexity index is 1330. The van der Waals surface area contributed by atoms with Crippen molar-refractivity contribution >= 4 is 32.8 Å². The second-order valence-electron chi connectivity index (χ2n) is 9.33. The predicted molar refractivity (Wildman–Crippen MR) is 131 cm³/mol. The molecule has 2 atom stereocenters. The summed E-state index contributed by atoms with van der Waals surface area (Å²) in [6, 6.07) is 8.30. The molecule has 3 heterocycles. The lowest BCUT2D eigenvalue weighted by Gasteiger charge is -2.21. The second-order valence-corrected chi connectivity index (χ2v) is 11.1. The molecule has 9 nitrogen and oxygen atoms in total. The summed E-state index contributed by atoms with van der Waals surface area (Å²) < 4.78 is 38.9. The number of hydrogen-bond acceptors (Lipinski definition) is 8. The molecule has 2 aliphatic rings. The number of ketones is 1. The first kappa shape index (κ1) is 23.9. The van der Waals surface area contributed by atoms with Gasteiger partial charge in [0.05, 0.1) is 24.3 Å². The van der Waals surface area contributed by atoms with E-state index in [2.05, 4.69) is 22.2 Å². The molecule has 1 spiro atoms. The molecule has 1 saturated heterocycles. The van der Waals surface area contributed by atoms with E-state index in [1.807, 2.05) is 6.92 Å². The molecule has 35 heavy (non-hydrogen) atoms. The van der Waals surface area contributed by atoms with E-state index in [-0.39, 0.29) is 28.2 Å². The molecule has 0 bridgehead atoms. The van der Waals surface area contributed by atoms with Crippen LogP contribution in [0.3, 0.4) is 0 Å². The van der Waals surface area contributed by atoms with Crippen LogP contribution in [0.1, 0.15) is 38.2 Å². The molecule has 0 radical (unpaired) electrons. The fourth-order valence-electron chi connectivity index (χ4n) is 5.15. The number of ether oxygens (including phenoxy) is 2. The van der Waals surface area contributed by atoms with E-state index in [0.717, 1.165) is 22.4 Å². The number of benzene rings is 1. The van der Waals surface area contributed by atoms with Gasteiger partial charge in [0.15, 0.2) is 11.4 Å². The summed E-state index contributed by atoms with van der Waals surface area (Å²) in [5, 5.41) is 3.16. The van der Waals surface area contributed by atoms with Gasteiger partial charge in [0.1, 0.15) is 17.1 Å². The van der Waals surface area contributed by atoms with Gasteiger partial charge in [0.25, 0.3) is 10.0 Å². The number of Topliss-reactive ketones (excluding diaryl/α,β-unsaturated/α-hetero) is 1. The van der Waals surface area contributed by atoms with Gasteiger partial charge in [0.2, 0.25) is 0 Å². The molecular formula is C25H30N4O5S. The van der Waals surface area contributed by atoms with Crippen molar-refractivity contribution in [2.45, 2.75) is 50.2 Å². The number of aryl methyl sites for hydroxylation is 1. The first-order valence-electron chi connectivity index (χ1n) is 12.0. The third-order valence-corrected chi connectivity index (χ3v) is 8.72. The molecular weight excluding hydrogens is 468 g/mol. The Morgan fingerprint density at radius 2 is 1.91 bits per heavy atom. The van der Waals surface area contributed by atoms with Crippen LogP contribution >= 0.6 is 0 Å². The molecule has 186 valence electrons. The summed E-state index contributed by atoms with van der Waals surface area (Å²) in [4.78, 5) is 22.0. The zero-order chi connectivity index (χ0) is 24.6. The lowest BCUT2D eigenvalue weighted by atomic mass is 9.88. The topological polar surface area (TPSA) is 112 Å². The van der Waals surface area contributed by atoms with Crippen molar-refractivity contribution in [3.05, 3.63) is 48.3 Å². The number of carbonyl (C=O) groups excluding carboxylic acids is 1. The van der Waals surface area contributed by atoms with Gasteiger partial charge in [-0.15, -0.1) is 0 Å². The van der Waals surface area contributed by atoms with Crippen molar-refractivity contribution in [2.24, 2.45) is 11.8 Å². The van der Waals surface area contributed by atoms with Gasteiger partial charge in [-0.2, -0.15) is 0 Å². The fraction of sp³-hybridized carbons (Fsp3) is 0.480. The third-order valence-electron chi connectivity index (χ3n) is 7.04. The Balaban J connectivity index is 1.24. The van der Waals surface area contributed by atoms with E-state index in [1.165, 1.54) is 12.4 Å². The Morgan fingerprint density at radius 1 is 1.17 bits per heavy atom. The molecule has 3 aromatic rings. The van der Waals surface area contributed by atoms with Gasteiger partial charge < -0.3 is 14.8 Å². The second kappa shape index (κ2) is 9.33. The smallest absolute Gasteiger partial charge is 0.269 e. The van der Waals surface area contributed by atoms with Crippen LogP contribution in [-0.4, -0.2) is 53.7 Å². The van der Waals surface area contributed by atoms with E-state index in [4.69, 9.17) is 9.47 Å². The van der Waals surface area contributed by atoms with Crippen molar-refractivity contribution in [3.8, 4) is 0 Å². The molecule has 5 rings (SSSR count). The molecule has 2 fully saturated rings. The predicted octanol–water partition coefficient (Wildman–Crippen LogP) is 3.53. The Morgan fingerprint density at radius 3 is 2.63 bits per heavy atom. The maximum atomic E-state index is 13.0. The number of rotatable bonds is 8. The maximum Gasteiger partial charge on any atom is 0.269 e. The van der Waals surface area contributed by atoms with Crippen LogP contribution in [0.25, 0.3) is 11.2 Å². The van der Waals surface area contributed by atoms with Gasteiger partial charge in [0, 0.05) is 37.9 Å². The summed E-state index contributed by atoms with van der Waals surface area (Å²) in [6.45, 7) is 5.61. The number of carbonyl (C=O) groups is 1. The number of nitrogens with one attached hydrogen (secondary N) is 1. The largest absolute Gasteiger partial charge is 0.368 e. The van der Waals surface area contributed by atoms with Crippen molar-refractivity contribution < 1.29 is 22.7 Å². The molecule has 10 heteroatoms. The van der Waals surface area contributed by atoms with Gasteiger partial charge in [-0.1, -0.05) is 31.0 Å². The molecule has 1 aliphatic heterocycles. The fourth-order valence-corrected chi connectivity index (χ4v) is 6.45. The number of anilines is 1. The average Bonchev–Trinajstić information content (AvgIpc) is 3.58. The van der Waals surface area contributed by atoms with Crippen molar-refractivity contribution in [2.75, 3.05) is 25.1 Å². The van der Waals surface area contributed by atoms with Crippen molar-refractivity contribution in [1.82, 2.24) is 13.9 Å². The first-order chi connectivity index (χ1) is 16.8. The van der Waals surface area contributed by atoms with Crippen LogP contribution < -0.4 is 5.32 Å². The van der Waals surface area contributed by atoms with E-state index < -0.39 is 15.8 Å². The zero-order valence-electron chi connectivity index (χ0n) is 19.9. The SMILES string of the molecule is CCC1CC2(CC1C(=O)CCNc1cnc3c(ccn3S(=O)(=O)c3ccc(C)cc3)n1)OCCO2. The number of nitrogens with zero attached hydrogens (tertiary/aromatic N) is 3. The van der Waals surface area contributed by atoms with Gasteiger partial charge >= 0.3 is 0 Å². The van der Waals surface area contributed by atoms with Crippen LogP contribution in [-0.2, 0) is 24.3 Å². The van der Waals surface area contributed by atoms with Gasteiger partial charge in [-0.25, -0.2) is 22.4 Å². The molecule has 1 aliphatic carbocycles. The Hall–Kier alpha value is -2.82. The summed E-state index contributed by atoms with van der Waals surface area (Å²) in [6.07, 6.45) is 5.63. The number of hydrogen-bond donors (Lipinski definition) is 1. The third kappa shape index (κ3) is 4.57. The first-order valence-corrected chi connectivity index (χ1v) is 13.5. The lowest BCUT2D eigenvalue weighted by molar-refractivity contribution is -0.156. The standard InChI is InChI=1S/C25H30N4O5S/c1-3-18-14-25(33-12-13-34-25)15-20(18)22(30)8-10-26-23-16-27-24-21(28-23)9-11-29(24)35(31,32)19-6-4-17(2)5-7-19/h4-7,9,11,16,18,20H,3,8,10,12-15H2,1-2H3,(H,26,28). The molecule has 1 N–H and O–H groups in total. The maximum absolute atomic E-state index is 13.0. The van der Waals surface area contributed by atoms with Crippen molar-refractivity contribution in [3.63, 3.8) is 0 Å². The van der Waals surface area contributed by atoms with Gasteiger partial charge in [-0.3, -0.25) is 4.79 Å². The lowest BCUT2D eigenvalue weighted by Crippen LogP contribution is -2.27. The Labute approximate surface area is 204 Å². The molecule has 1 saturated carbocycles. The zero-order valence-corrected chi connectivity index (χ0v) is 20.8. The van der Waals surface area contributed by atoms with Crippen molar-refractivity contribution in [1.29, 1.82) is 0 Å². The molecule has 1 aromatic carbocycles. The minimum absolute atomic E-state index is 0.0607. The highest BCUT2D eigenvalue weighted by atomic mass is 32.2. The average molecular weight is 499 g/mol. The van der Waals surface area contributed by atoms with E-state index >= 15 is 0 Å². The highest BCUT2D eigenvalue weighted by Crippen LogP contribution is 2.46. The summed E-state index contributed by atoms with van der Waals surface area (Å²) >= 11 is 0. The summed E-state index contributed by atoms with van der Waals surface area (Å²) in [7, 11) is -3.78. The Kier molecular flexibility index (Phi) is 6.37. The van der Waals surface area contributed by atoms with Crippen LogP contribution in [0.15, 0.2) is 47.6 Å². The highest BCUT2D eigenvalue weighted by Gasteiger charge is 2.50.